The minimum Gasteiger partial charge on any atom is -0.384 e. The first-order chi connectivity index (χ1) is 11.0. The molecule has 3 N–H and O–H groups in total. The van der Waals surface area contributed by atoms with Crippen LogP contribution in [0.2, 0.25) is 0 Å². The molecule has 0 spiro atoms. The summed E-state index contributed by atoms with van der Waals surface area (Å²) in [5.74, 6) is -1.49. The molecule has 0 aliphatic rings. The summed E-state index contributed by atoms with van der Waals surface area (Å²) in [7, 11) is 0. The van der Waals surface area contributed by atoms with Gasteiger partial charge in [0, 0.05) is 6.54 Å². The lowest BCUT2D eigenvalue weighted by Gasteiger charge is -2.24. The molecule has 0 radical (unpaired) electrons. The second-order valence-electron chi connectivity index (χ2n) is 5.49. The lowest BCUT2D eigenvalue weighted by molar-refractivity contribution is -0.139. The number of nitrogens with one attached hydrogen (secondary N) is 2. The van der Waals surface area contributed by atoms with Crippen LogP contribution in [0.25, 0.3) is 0 Å². The number of hydrogen-bond acceptors (Lipinski definition) is 3. The molecule has 0 aromatic heterocycles. The van der Waals surface area contributed by atoms with Crippen molar-refractivity contribution < 1.29 is 14.7 Å². The number of aliphatic hydroxyl groups is 1. The zero-order valence-corrected chi connectivity index (χ0v) is 13.0. The SMILES string of the molecule is CC(O)(CNC(=O)C(=O)NCc1ccccc1)c1ccccc1. The first-order valence-corrected chi connectivity index (χ1v) is 7.37. The van der Waals surface area contributed by atoms with Crippen molar-refractivity contribution in [2.24, 2.45) is 0 Å². The van der Waals surface area contributed by atoms with Crippen LogP contribution in [0.3, 0.4) is 0 Å². The summed E-state index contributed by atoms with van der Waals surface area (Å²) < 4.78 is 0. The third-order valence-corrected chi connectivity index (χ3v) is 3.49. The Morgan fingerprint density at radius 1 is 0.913 bits per heavy atom. The van der Waals surface area contributed by atoms with E-state index in [-0.39, 0.29) is 13.1 Å². The standard InChI is InChI=1S/C18H20N2O3/c1-18(23,15-10-6-3-7-11-15)13-20-17(22)16(21)19-12-14-8-4-2-5-9-14/h2-11,23H,12-13H2,1H3,(H,19,21)(H,20,22). The predicted molar refractivity (Wildman–Crippen MR) is 87.3 cm³/mol. The van der Waals surface area contributed by atoms with E-state index in [1.165, 1.54) is 0 Å². The molecule has 0 bridgehead atoms. The fourth-order valence-corrected chi connectivity index (χ4v) is 2.09. The normalized spacial score (nSPS) is 13.0. The lowest BCUT2D eigenvalue weighted by atomic mass is 9.96. The van der Waals surface area contributed by atoms with Crippen molar-refractivity contribution in [2.45, 2.75) is 19.1 Å². The Hall–Kier alpha value is -2.66. The molecule has 23 heavy (non-hydrogen) atoms. The smallest absolute Gasteiger partial charge is 0.309 e. The molecule has 0 saturated carbocycles. The molecule has 0 aliphatic heterocycles. The van der Waals surface area contributed by atoms with Gasteiger partial charge in [-0.05, 0) is 18.1 Å². The summed E-state index contributed by atoms with van der Waals surface area (Å²) in [5.41, 5.74) is 0.339. The molecule has 0 heterocycles. The van der Waals surface area contributed by atoms with Crippen LogP contribution in [0.5, 0.6) is 0 Å². The van der Waals surface area contributed by atoms with Gasteiger partial charge in [-0.2, -0.15) is 0 Å². The Balaban J connectivity index is 1.83. The van der Waals surface area contributed by atoms with Crippen LogP contribution in [0.15, 0.2) is 60.7 Å². The maximum absolute atomic E-state index is 11.8. The molecule has 0 aliphatic carbocycles. The van der Waals surface area contributed by atoms with Gasteiger partial charge in [-0.15, -0.1) is 0 Å². The van der Waals surface area contributed by atoms with E-state index >= 15 is 0 Å². The molecule has 1 atom stereocenters. The van der Waals surface area contributed by atoms with Gasteiger partial charge in [0.15, 0.2) is 0 Å². The van der Waals surface area contributed by atoms with Crippen LogP contribution >= 0.6 is 0 Å². The van der Waals surface area contributed by atoms with Crippen molar-refractivity contribution in [1.82, 2.24) is 10.6 Å². The van der Waals surface area contributed by atoms with Crippen molar-refractivity contribution in [2.75, 3.05) is 6.54 Å². The number of benzene rings is 2. The van der Waals surface area contributed by atoms with E-state index in [2.05, 4.69) is 10.6 Å². The first kappa shape index (κ1) is 16.7. The predicted octanol–water partition coefficient (Wildman–Crippen LogP) is 1.33. The van der Waals surface area contributed by atoms with Gasteiger partial charge < -0.3 is 15.7 Å². The Morgan fingerprint density at radius 2 is 1.43 bits per heavy atom. The number of rotatable bonds is 5. The minimum absolute atomic E-state index is 0.0470. The zero-order valence-electron chi connectivity index (χ0n) is 13.0. The van der Waals surface area contributed by atoms with Crippen molar-refractivity contribution in [3.8, 4) is 0 Å². The average Bonchev–Trinajstić information content (AvgIpc) is 2.59. The molecule has 1 unspecified atom stereocenters. The molecule has 2 amide bonds. The molecule has 2 aromatic carbocycles. The van der Waals surface area contributed by atoms with Crippen molar-refractivity contribution >= 4 is 11.8 Å². The lowest BCUT2D eigenvalue weighted by Crippen LogP contribution is -2.45. The fourth-order valence-electron chi connectivity index (χ4n) is 2.09. The van der Waals surface area contributed by atoms with Gasteiger partial charge in [-0.1, -0.05) is 60.7 Å². The summed E-state index contributed by atoms with van der Waals surface area (Å²) in [6, 6.07) is 18.3. The van der Waals surface area contributed by atoms with Crippen LogP contribution < -0.4 is 10.6 Å². The molecule has 0 saturated heterocycles. The third-order valence-electron chi connectivity index (χ3n) is 3.49. The highest BCUT2D eigenvalue weighted by molar-refractivity contribution is 6.35. The molecule has 2 rings (SSSR count). The van der Waals surface area contributed by atoms with E-state index in [1.54, 1.807) is 31.2 Å². The van der Waals surface area contributed by atoms with Crippen LogP contribution in [0.1, 0.15) is 18.1 Å². The number of amides is 2. The molecule has 120 valence electrons. The average molecular weight is 312 g/mol. The van der Waals surface area contributed by atoms with Crippen LogP contribution in [-0.2, 0) is 21.7 Å². The van der Waals surface area contributed by atoms with Crippen molar-refractivity contribution in [3.63, 3.8) is 0 Å². The van der Waals surface area contributed by atoms with E-state index in [9.17, 15) is 14.7 Å². The Morgan fingerprint density at radius 3 is 2.04 bits per heavy atom. The highest BCUT2D eigenvalue weighted by Crippen LogP contribution is 2.18. The van der Waals surface area contributed by atoms with E-state index in [4.69, 9.17) is 0 Å². The summed E-state index contributed by atoms with van der Waals surface area (Å²) in [6.45, 7) is 1.82. The van der Waals surface area contributed by atoms with Crippen LogP contribution in [-0.4, -0.2) is 23.5 Å². The summed E-state index contributed by atoms with van der Waals surface area (Å²) >= 11 is 0. The molecule has 5 nitrogen and oxygen atoms in total. The zero-order chi connectivity index (χ0) is 16.7. The molecule has 0 fully saturated rings. The molecular formula is C18H20N2O3. The summed E-state index contributed by atoms with van der Waals surface area (Å²) in [6.07, 6.45) is 0. The van der Waals surface area contributed by atoms with Gasteiger partial charge >= 0.3 is 11.8 Å². The van der Waals surface area contributed by atoms with Gasteiger partial charge in [0.05, 0.1) is 6.54 Å². The van der Waals surface area contributed by atoms with Gasteiger partial charge in [-0.3, -0.25) is 9.59 Å². The highest BCUT2D eigenvalue weighted by Gasteiger charge is 2.25. The molecular weight excluding hydrogens is 292 g/mol. The maximum Gasteiger partial charge on any atom is 0.309 e. The Kier molecular flexibility index (Phi) is 5.49. The van der Waals surface area contributed by atoms with E-state index in [0.29, 0.717) is 5.56 Å². The monoisotopic (exact) mass is 312 g/mol. The first-order valence-electron chi connectivity index (χ1n) is 7.37. The highest BCUT2D eigenvalue weighted by atomic mass is 16.3. The van der Waals surface area contributed by atoms with Crippen molar-refractivity contribution in [1.29, 1.82) is 0 Å². The van der Waals surface area contributed by atoms with Crippen LogP contribution in [0, 0.1) is 0 Å². The van der Waals surface area contributed by atoms with Gasteiger partial charge in [0.1, 0.15) is 5.60 Å². The van der Waals surface area contributed by atoms with E-state index < -0.39 is 17.4 Å². The number of hydrogen-bond donors (Lipinski definition) is 3. The minimum atomic E-state index is -1.24. The summed E-state index contributed by atoms with van der Waals surface area (Å²) in [4.78, 5) is 23.6. The second kappa shape index (κ2) is 7.56. The molecule has 2 aromatic rings. The van der Waals surface area contributed by atoms with Crippen LogP contribution in [0.4, 0.5) is 0 Å². The fraction of sp³-hybridized carbons (Fsp3) is 0.222. The second-order valence-corrected chi connectivity index (χ2v) is 5.49. The Bertz CT molecular complexity index is 654. The maximum atomic E-state index is 11.8. The van der Waals surface area contributed by atoms with Gasteiger partial charge in [0.25, 0.3) is 0 Å². The molecule has 5 heteroatoms. The third kappa shape index (κ3) is 4.93. The quantitative estimate of drug-likeness (QED) is 0.729. The largest absolute Gasteiger partial charge is 0.384 e. The number of carbonyl (C=O) groups excluding carboxylic acids is 2. The van der Waals surface area contributed by atoms with Gasteiger partial charge in [0.2, 0.25) is 0 Å². The van der Waals surface area contributed by atoms with Crippen molar-refractivity contribution in [3.05, 3.63) is 71.8 Å². The van der Waals surface area contributed by atoms with Gasteiger partial charge in [-0.25, -0.2) is 0 Å². The number of carbonyl (C=O) groups is 2. The topological polar surface area (TPSA) is 78.4 Å². The van der Waals surface area contributed by atoms with E-state index in [0.717, 1.165) is 5.56 Å². The summed E-state index contributed by atoms with van der Waals surface area (Å²) in [5, 5.41) is 15.4. The Labute approximate surface area is 135 Å². The van der Waals surface area contributed by atoms with E-state index in [1.807, 2.05) is 36.4 Å².